The van der Waals surface area contributed by atoms with Gasteiger partial charge < -0.3 is 9.32 Å². The SMILES string of the molecule is CC1(C)c2ccc(-c3cccc(N(c4cccc(-c5cccc6c5oc5ccccc56)c4)c4ccc5c(c4)C(C)(C)c4ccccc4-5)c3)cc2-c2ccc(-c3ccccc3)cc21. The molecule has 62 heavy (non-hydrogen) atoms. The van der Waals surface area contributed by atoms with Crippen molar-refractivity contribution in [1.82, 2.24) is 0 Å². The molecule has 0 unspecified atom stereocenters. The average Bonchev–Trinajstić information content (AvgIpc) is 3.89. The largest absolute Gasteiger partial charge is 0.455 e. The van der Waals surface area contributed by atoms with Crippen molar-refractivity contribution in [2.24, 2.45) is 0 Å². The van der Waals surface area contributed by atoms with Gasteiger partial charge in [-0.3, -0.25) is 0 Å². The maximum atomic E-state index is 6.56. The topological polar surface area (TPSA) is 16.4 Å². The number of nitrogens with zero attached hydrogens (tertiary/aromatic N) is 1. The average molecular weight is 796 g/mol. The Morgan fingerprint density at radius 2 is 0.855 bits per heavy atom. The molecule has 0 atom stereocenters. The Morgan fingerprint density at radius 1 is 0.323 bits per heavy atom. The van der Waals surface area contributed by atoms with E-state index in [9.17, 15) is 0 Å². The molecule has 2 aliphatic carbocycles. The molecule has 2 nitrogen and oxygen atoms in total. The highest BCUT2D eigenvalue weighted by Crippen LogP contribution is 2.53. The maximum Gasteiger partial charge on any atom is 0.143 e. The lowest BCUT2D eigenvalue weighted by molar-refractivity contribution is 0.660. The van der Waals surface area contributed by atoms with E-state index in [1.807, 2.05) is 6.07 Å². The van der Waals surface area contributed by atoms with Crippen molar-refractivity contribution in [3.63, 3.8) is 0 Å². The fourth-order valence-electron chi connectivity index (χ4n) is 10.6. The van der Waals surface area contributed by atoms with Gasteiger partial charge in [-0.15, -0.1) is 0 Å². The van der Waals surface area contributed by atoms with E-state index in [2.05, 4.69) is 227 Å². The summed E-state index contributed by atoms with van der Waals surface area (Å²) in [6.07, 6.45) is 0. The monoisotopic (exact) mass is 795 g/mol. The van der Waals surface area contributed by atoms with Crippen LogP contribution in [0.3, 0.4) is 0 Å². The molecule has 0 aliphatic heterocycles. The first-order valence-electron chi connectivity index (χ1n) is 21.7. The fourth-order valence-corrected chi connectivity index (χ4v) is 10.6. The van der Waals surface area contributed by atoms with Crippen LogP contribution in [0.15, 0.2) is 205 Å². The maximum absolute atomic E-state index is 6.56. The molecule has 12 rings (SSSR count). The highest BCUT2D eigenvalue weighted by Gasteiger charge is 2.37. The summed E-state index contributed by atoms with van der Waals surface area (Å²) in [7, 11) is 0. The Kier molecular flexibility index (Phi) is 7.96. The minimum atomic E-state index is -0.134. The second kappa shape index (κ2) is 13.5. The summed E-state index contributed by atoms with van der Waals surface area (Å²) in [6, 6.07) is 73.6. The van der Waals surface area contributed by atoms with E-state index >= 15 is 0 Å². The van der Waals surface area contributed by atoms with Crippen LogP contribution < -0.4 is 4.90 Å². The van der Waals surface area contributed by atoms with Crippen LogP contribution in [-0.4, -0.2) is 0 Å². The van der Waals surface area contributed by atoms with Gasteiger partial charge in [0.1, 0.15) is 11.2 Å². The van der Waals surface area contributed by atoms with Crippen molar-refractivity contribution in [2.45, 2.75) is 38.5 Å². The van der Waals surface area contributed by atoms with Gasteiger partial charge in [-0.2, -0.15) is 0 Å². The van der Waals surface area contributed by atoms with Crippen LogP contribution in [0.5, 0.6) is 0 Å². The number of anilines is 3. The number of rotatable bonds is 6. The lowest BCUT2D eigenvalue weighted by Crippen LogP contribution is -2.16. The van der Waals surface area contributed by atoms with Crippen LogP contribution in [0.4, 0.5) is 17.1 Å². The third-order valence-electron chi connectivity index (χ3n) is 13.9. The molecule has 2 heteroatoms. The molecule has 1 aromatic heterocycles. The van der Waals surface area contributed by atoms with E-state index in [-0.39, 0.29) is 10.8 Å². The van der Waals surface area contributed by atoms with Crippen LogP contribution in [0.1, 0.15) is 49.9 Å². The van der Waals surface area contributed by atoms with Crippen molar-refractivity contribution in [3.05, 3.63) is 222 Å². The van der Waals surface area contributed by atoms with E-state index < -0.39 is 0 Å². The molecule has 1 heterocycles. The van der Waals surface area contributed by atoms with E-state index in [1.165, 1.54) is 66.8 Å². The lowest BCUT2D eigenvalue weighted by Gasteiger charge is -2.29. The van der Waals surface area contributed by atoms with E-state index in [1.54, 1.807) is 0 Å². The van der Waals surface area contributed by atoms with Gasteiger partial charge in [0, 0.05) is 44.2 Å². The quantitative estimate of drug-likeness (QED) is 0.167. The number of furan rings is 1. The van der Waals surface area contributed by atoms with Gasteiger partial charge in [-0.25, -0.2) is 0 Å². The molecule has 0 radical (unpaired) electrons. The van der Waals surface area contributed by atoms with Gasteiger partial charge in [0.25, 0.3) is 0 Å². The van der Waals surface area contributed by atoms with Gasteiger partial charge in [0.15, 0.2) is 0 Å². The summed E-state index contributed by atoms with van der Waals surface area (Å²) in [5.74, 6) is 0. The van der Waals surface area contributed by atoms with Crippen LogP contribution >= 0.6 is 0 Å². The molecular weight excluding hydrogens is 751 g/mol. The second-order valence-electron chi connectivity index (χ2n) is 18.1. The highest BCUT2D eigenvalue weighted by atomic mass is 16.3. The lowest BCUT2D eigenvalue weighted by atomic mass is 9.81. The first kappa shape index (κ1) is 36.4. The molecule has 0 saturated heterocycles. The number of hydrogen-bond donors (Lipinski definition) is 0. The highest BCUT2D eigenvalue weighted by molar-refractivity contribution is 6.09. The third kappa shape index (κ3) is 5.49. The molecule has 0 bridgehead atoms. The summed E-state index contributed by atoms with van der Waals surface area (Å²) in [5, 5.41) is 2.27. The van der Waals surface area contributed by atoms with Crippen molar-refractivity contribution in [2.75, 3.05) is 4.90 Å². The molecule has 0 spiro atoms. The summed E-state index contributed by atoms with van der Waals surface area (Å²) in [6.45, 7) is 9.45. The van der Waals surface area contributed by atoms with Crippen molar-refractivity contribution in [1.29, 1.82) is 0 Å². The molecule has 296 valence electrons. The summed E-state index contributed by atoms with van der Waals surface area (Å²) < 4.78 is 6.56. The van der Waals surface area contributed by atoms with Crippen molar-refractivity contribution in [3.8, 4) is 55.6 Å². The molecule has 0 N–H and O–H groups in total. The fraction of sp³-hybridized carbons (Fsp3) is 0.100. The number of benzene rings is 9. The molecule has 0 saturated carbocycles. The minimum Gasteiger partial charge on any atom is -0.455 e. The normalized spacial score (nSPS) is 14.1. The van der Waals surface area contributed by atoms with Crippen molar-refractivity contribution >= 4 is 39.0 Å². The summed E-state index contributed by atoms with van der Waals surface area (Å²) in [4.78, 5) is 2.43. The van der Waals surface area contributed by atoms with Crippen LogP contribution in [0.25, 0.3) is 77.6 Å². The van der Waals surface area contributed by atoms with Crippen LogP contribution in [0.2, 0.25) is 0 Å². The van der Waals surface area contributed by atoms with E-state index in [4.69, 9.17) is 4.42 Å². The van der Waals surface area contributed by atoms with Gasteiger partial charge in [0.05, 0.1) is 0 Å². The van der Waals surface area contributed by atoms with E-state index in [0.29, 0.717) is 0 Å². The van der Waals surface area contributed by atoms with Gasteiger partial charge in [0.2, 0.25) is 0 Å². The Labute approximate surface area is 363 Å². The molecule has 0 fully saturated rings. The summed E-state index contributed by atoms with van der Waals surface area (Å²) in [5.41, 5.74) is 22.7. The Bertz CT molecular complexity index is 3420. The molecule has 10 aromatic rings. The number of hydrogen-bond acceptors (Lipinski definition) is 2. The number of para-hydroxylation sites is 2. The van der Waals surface area contributed by atoms with Gasteiger partial charge in [-0.05, 0) is 127 Å². The first-order valence-corrected chi connectivity index (χ1v) is 21.7. The van der Waals surface area contributed by atoms with Crippen LogP contribution in [0, 0.1) is 0 Å². The molecule has 2 aliphatic rings. The second-order valence-corrected chi connectivity index (χ2v) is 18.1. The zero-order chi connectivity index (χ0) is 41.7. The Hall–Kier alpha value is -7.42. The minimum absolute atomic E-state index is 0.106. The predicted molar refractivity (Wildman–Crippen MR) is 260 cm³/mol. The molecular formula is C60H45NO. The van der Waals surface area contributed by atoms with E-state index in [0.717, 1.165) is 50.1 Å². The predicted octanol–water partition coefficient (Wildman–Crippen LogP) is 16.7. The van der Waals surface area contributed by atoms with Crippen molar-refractivity contribution < 1.29 is 4.42 Å². The number of fused-ring (bicyclic) bond motifs is 9. The Balaban J connectivity index is 0.997. The zero-order valence-corrected chi connectivity index (χ0v) is 35.4. The molecule has 9 aromatic carbocycles. The Morgan fingerprint density at radius 3 is 1.69 bits per heavy atom. The molecule has 0 amide bonds. The van der Waals surface area contributed by atoms with Gasteiger partial charge in [-0.1, -0.05) is 173 Å². The smallest absolute Gasteiger partial charge is 0.143 e. The first-order chi connectivity index (χ1) is 30.2. The third-order valence-corrected chi connectivity index (χ3v) is 13.9. The zero-order valence-electron chi connectivity index (χ0n) is 35.4. The standard InChI is InChI=1S/C60H45NO/c1-59(2)53-25-10-8-21-47(53)48-31-29-45(37-56(48)59)61(44-20-13-18-42(34-44)46-23-14-24-51-50-22-9-11-26-57(50)62-58(46)51)43-19-12-17-39(33-43)40-28-32-54-52(35-40)49-30-27-41(36-55(49)60(54,3)4)38-15-6-5-7-16-38/h5-37H,1-4H3. The van der Waals surface area contributed by atoms with Crippen LogP contribution in [-0.2, 0) is 10.8 Å². The van der Waals surface area contributed by atoms with Gasteiger partial charge >= 0.3 is 0 Å². The summed E-state index contributed by atoms with van der Waals surface area (Å²) >= 11 is 0.